The van der Waals surface area contributed by atoms with E-state index in [9.17, 15) is 13.2 Å². The third-order valence-electron chi connectivity index (χ3n) is 2.77. The van der Waals surface area contributed by atoms with E-state index >= 15 is 0 Å². The van der Waals surface area contributed by atoms with Crippen LogP contribution >= 0.6 is 0 Å². The van der Waals surface area contributed by atoms with Gasteiger partial charge in [-0.2, -0.15) is 13.2 Å². The first-order chi connectivity index (χ1) is 5.99. The Morgan fingerprint density at radius 2 is 2.00 bits per heavy atom. The van der Waals surface area contributed by atoms with Gasteiger partial charge in [0.05, 0.1) is 6.54 Å². The number of hydrogen-bond acceptors (Lipinski definition) is 1. The fourth-order valence-corrected chi connectivity index (χ4v) is 1.92. The highest BCUT2D eigenvalue weighted by atomic mass is 19.4. The van der Waals surface area contributed by atoms with Gasteiger partial charge in [0.2, 0.25) is 0 Å². The Labute approximate surface area is 76.7 Å². The molecule has 4 heteroatoms. The van der Waals surface area contributed by atoms with Crippen LogP contribution in [0.4, 0.5) is 13.2 Å². The van der Waals surface area contributed by atoms with E-state index in [2.05, 4.69) is 12.2 Å². The molecule has 0 amide bonds. The quantitative estimate of drug-likeness (QED) is 0.729. The molecule has 1 N–H and O–H groups in total. The van der Waals surface area contributed by atoms with Crippen LogP contribution in [-0.4, -0.2) is 19.3 Å². The second-order valence-electron chi connectivity index (χ2n) is 3.91. The zero-order chi connectivity index (χ0) is 9.90. The maximum Gasteiger partial charge on any atom is 0.401 e. The smallest absolute Gasteiger partial charge is 0.308 e. The molecule has 0 radical (unpaired) electrons. The topological polar surface area (TPSA) is 12.0 Å². The van der Waals surface area contributed by atoms with Crippen LogP contribution in [0.2, 0.25) is 0 Å². The molecule has 1 nitrogen and oxygen atoms in total. The Morgan fingerprint density at radius 3 is 2.46 bits per heavy atom. The summed E-state index contributed by atoms with van der Waals surface area (Å²) in [5, 5.41) is 2.47. The van der Waals surface area contributed by atoms with Gasteiger partial charge in [0.1, 0.15) is 0 Å². The Morgan fingerprint density at radius 1 is 1.31 bits per heavy atom. The summed E-state index contributed by atoms with van der Waals surface area (Å²) in [7, 11) is 0. The van der Waals surface area contributed by atoms with Crippen molar-refractivity contribution in [3.8, 4) is 0 Å². The van der Waals surface area contributed by atoms with Gasteiger partial charge in [0, 0.05) is 0 Å². The van der Waals surface area contributed by atoms with Gasteiger partial charge < -0.3 is 5.32 Å². The molecule has 1 fully saturated rings. The van der Waals surface area contributed by atoms with Crippen LogP contribution in [0, 0.1) is 11.8 Å². The fourth-order valence-electron chi connectivity index (χ4n) is 1.92. The fraction of sp³-hybridized carbons (Fsp3) is 1.00. The number of alkyl halides is 3. The van der Waals surface area contributed by atoms with Crippen molar-refractivity contribution in [1.29, 1.82) is 0 Å². The first-order valence-corrected chi connectivity index (χ1v) is 4.76. The van der Waals surface area contributed by atoms with Gasteiger partial charge in [0.15, 0.2) is 0 Å². The van der Waals surface area contributed by atoms with E-state index in [-0.39, 0.29) is 0 Å². The summed E-state index contributed by atoms with van der Waals surface area (Å²) in [5.41, 5.74) is 0. The molecule has 0 aromatic carbocycles. The summed E-state index contributed by atoms with van der Waals surface area (Å²) >= 11 is 0. The highest BCUT2D eigenvalue weighted by Gasteiger charge is 2.28. The van der Waals surface area contributed by atoms with Gasteiger partial charge in [-0.15, -0.1) is 0 Å². The van der Waals surface area contributed by atoms with Crippen LogP contribution in [0.3, 0.4) is 0 Å². The molecule has 1 saturated carbocycles. The maximum atomic E-state index is 11.8. The lowest BCUT2D eigenvalue weighted by Gasteiger charge is -2.16. The molecule has 0 aliphatic heterocycles. The predicted octanol–water partition coefficient (Wildman–Crippen LogP) is 2.57. The molecule has 0 aromatic heterocycles. The standard InChI is InChI=1S/C9H16F3N/c1-7-3-2-4-8(7)5-13-6-9(10,11)12/h7-8,13H,2-6H2,1H3. The molecule has 1 aliphatic rings. The van der Waals surface area contributed by atoms with E-state index in [1.807, 2.05) is 0 Å². The Bertz CT molecular complexity index is 155. The van der Waals surface area contributed by atoms with Crippen LogP contribution in [0.1, 0.15) is 26.2 Å². The summed E-state index contributed by atoms with van der Waals surface area (Å²) in [6, 6.07) is 0. The molecule has 2 atom stereocenters. The lowest BCUT2D eigenvalue weighted by molar-refractivity contribution is -0.125. The molecule has 0 aromatic rings. The molecule has 0 spiro atoms. The van der Waals surface area contributed by atoms with Crippen molar-refractivity contribution in [3.63, 3.8) is 0 Å². The Balaban J connectivity index is 2.12. The van der Waals surface area contributed by atoms with E-state index in [0.717, 1.165) is 6.42 Å². The average molecular weight is 195 g/mol. The van der Waals surface area contributed by atoms with E-state index in [4.69, 9.17) is 0 Å². The first kappa shape index (κ1) is 10.8. The molecule has 13 heavy (non-hydrogen) atoms. The molecular weight excluding hydrogens is 179 g/mol. The number of hydrogen-bond donors (Lipinski definition) is 1. The third-order valence-corrected chi connectivity index (χ3v) is 2.77. The van der Waals surface area contributed by atoms with E-state index in [1.165, 1.54) is 12.8 Å². The normalized spacial score (nSPS) is 29.5. The van der Waals surface area contributed by atoms with Gasteiger partial charge in [-0.25, -0.2) is 0 Å². The predicted molar refractivity (Wildman–Crippen MR) is 45.4 cm³/mol. The molecular formula is C9H16F3N. The van der Waals surface area contributed by atoms with E-state index in [1.54, 1.807) is 0 Å². The SMILES string of the molecule is CC1CCCC1CNCC(F)(F)F. The average Bonchev–Trinajstić information content (AvgIpc) is 2.34. The number of rotatable bonds is 3. The minimum absolute atomic E-state index is 0.447. The number of nitrogens with one attached hydrogen (secondary N) is 1. The highest BCUT2D eigenvalue weighted by Crippen LogP contribution is 2.30. The molecule has 2 unspecified atom stereocenters. The Hall–Kier alpha value is -0.250. The van der Waals surface area contributed by atoms with Crippen molar-refractivity contribution in [3.05, 3.63) is 0 Å². The van der Waals surface area contributed by atoms with Crippen LogP contribution in [0.25, 0.3) is 0 Å². The highest BCUT2D eigenvalue weighted by molar-refractivity contribution is 4.76. The van der Waals surface area contributed by atoms with Crippen LogP contribution in [-0.2, 0) is 0 Å². The lowest BCUT2D eigenvalue weighted by Crippen LogP contribution is -2.33. The van der Waals surface area contributed by atoms with Crippen molar-refractivity contribution in [1.82, 2.24) is 5.32 Å². The van der Waals surface area contributed by atoms with Crippen LogP contribution < -0.4 is 5.32 Å². The second kappa shape index (κ2) is 4.31. The number of halogens is 3. The van der Waals surface area contributed by atoms with Gasteiger partial charge in [-0.05, 0) is 24.8 Å². The van der Waals surface area contributed by atoms with Crippen molar-refractivity contribution in [2.75, 3.05) is 13.1 Å². The van der Waals surface area contributed by atoms with Gasteiger partial charge in [0.25, 0.3) is 0 Å². The van der Waals surface area contributed by atoms with Crippen LogP contribution in [0.15, 0.2) is 0 Å². The van der Waals surface area contributed by atoms with Gasteiger partial charge in [-0.1, -0.05) is 19.8 Å². The van der Waals surface area contributed by atoms with Crippen molar-refractivity contribution in [2.45, 2.75) is 32.4 Å². The molecule has 0 heterocycles. The maximum absolute atomic E-state index is 11.8. The van der Waals surface area contributed by atoms with Crippen LogP contribution in [0.5, 0.6) is 0 Å². The van der Waals surface area contributed by atoms with Crippen molar-refractivity contribution >= 4 is 0 Å². The molecule has 0 saturated heterocycles. The minimum atomic E-state index is -4.07. The van der Waals surface area contributed by atoms with Gasteiger partial charge >= 0.3 is 6.18 Å². The molecule has 78 valence electrons. The largest absolute Gasteiger partial charge is 0.401 e. The molecule has 1 rings (SSSR count). The summed E-state index contributed by atoms with van der Waals surface area (Å²) in [6.07, 6.45) is -0.661. The zero-order valence-corrected chi connectivity index (χ0v) is 7.82. The summed E-state index contributed by atoms with van der Waals surface area (Å²) in [5.74, 6) is 1.03. The lowest BCUT2D eigenvalue weighted by atomic mass is 9.98. The zero-order valence-electron chi connectivity index (χ0n) is 7.82. The van der Waals surface area contributed by atoms with E-state index < -0.39 is 12.7 Å². The monoisotopic (exact) mass is 195 g/mol. The molecule has 1 aliphatic carbocycles. The molecule has 0 bridgehead atoms. The van der Waals surface area contributed by atoms with Crippen molar-refractivity contribution in [2.24, 2.45) is 11.8 Å². The first-order valence-electron chi connectivity index (χ1n) is 4.76. The van der Waals surface area contributed by atoms with E-state index in [0.29, 0.717) is 18.4 Å². The minimum Gasteiger partial charge on any atom is -0.308 e. The summed E-state index contributed by atoms with van der Waals surface area (Å²) in [4.78, 5) is 0. The van der Waals surface area contributed by atoms with Crippen molar-refractivity contribution < 1.29 is 13.2 Å². The Kier molecular flexibility index (Phi) is 3.59. The van der Waals surface area contributed by atoms with Gasteiger partial charge in [-0.3, -0.25) is 0 Å². The third kappa shape index (κ3) is 3.98. The second-order valence-corrected chi connectivity index (χ2v) is 3.91. The summed E-state index contributed by atoms with van der Waals surface area (Å²) in [6.45, 7) is 1.78. The summed E-state index contributed by atoms with van der Waals surface area (Å²) < 4.78 is 35.3.